The predicted octanol–water partition coefficient (Wildman–Crippen LogP) is 3.83. The van der Waals surface area contributed by atoms with Gasteiger partial charge in [-0.2, -0.15) is 0 Å². The van der Waals surface area contributed by atoms with E-state index in [1.54, 1.807) is 36.4 Å². The Labute approximate surface area is 153 Å². The van der Waals surface area contributed by atoms with Crippen molar-refractivity contribution in [1.82, 2.24) is 10.2 Å². The lowest BCUT2D eigenvalue weighted by Crippen LogP contribution is -2.62. The Hall–Kier alpha value is -2.40. The lowest BCUT2D eigenvalue weighted by atomic mass is 9.79. The van der Waals surface area contributed by atoms with Crippen LogP contribution in [0.25, 0.3) is 0 Å². The van der Waals surface area contributed by atoms with Crippen molar-refractivity contribution in [3.8, 4) is 11.5 Å². The number of halogens is 1. The van der Waals surface area contributed by atoms with Crippen LogP contribution >= 0.6 is 0 Å². The first-order valence-corrected chi connectivity index (χ1v) is 9.18. The molecule has 3 fully saturated rings. The average Bonchev–Trinajstić information content (AvgIpc) is 2.65. The third-order valence-corrected chi connectivity index (χ3v) is 5.62. The summed E-state index contributed by atoms with van der Waals surface area (Å²) < 4.78 is 18.8. The Morgan fingerprint density at radius 3 is 2.50 bits per heavy atom. The van der Waals surface area contributed by atoms with Crippen LogP contribution in [0.3, 0.4) is 0 Å². The van der Waals surface area contributed by atoms with E-state index in [1.165, 1.54) is 12.1 Å². The van der Waals surface area contributed by atoms with Gasteiger partial charge in [-0.3, -0.25) is 9.69 Å². The summed E-state index contributed by atoms with van der Waals surface area (Å²) in [5.74, 6) is 1.19. The normalized spacial score (nSPS) is 27.2. The Bertz CT molecular complexity index is 783. The number of carbonyl (C=O) groups is 1. The molecular weight excluding hydrogens is 331 g/mol. The van der Waals surface area contributed by atoms with E-state index >= 15 is 0 Å². The molecule has 3 aliphatic rings. The fourth-order valence-corrected chi connectivity index (χ4v) is 4.12. The highest BCUT2D eigenvalue weighted by molar-refractivity contribution is 5.94. The molecule has 1 N–H and O–H groups in total. The number of carbonyl (C=O) groups excluding carboxylic acids is 1. The van der Waals surface area contributed by atoms with E-state index in [9.17, 15) is 9.18 Å². The SMILES string of the molecule is C[C@H]1[C@H](NC(=O)c2ccc(Oc3cccc(F)c3)cc2)C2CCN1CC2. The molecule has 3 heterocycles. The number of piperidine rings is 3. The van der Waals surface area contributed by atoms with E-state index in [0.29, 0.717) is 29.0 Å². The van der Waals surface area contributed by atoms with Gasteiger partial charge in [-0.15, -0.1) is 0 Å². The van der Waals surface area contributed by atoms with E-state index in [2.05, 4.69) is 17.1 Å². The second-order valence-electron chi connectivity index (χ2n) is 7.20. The highest BCUT2D eigenvalue weighted by Crippen LogP contribution is 2.32. The highest BCUT2D eigenvalue weighted by Gasteiger charge is 2.40. The quantitative estimate of drug-likeness (QED) is 0.907. The smallest absolute Gasteiger partial charge is 0.251 e. The van der Waals surface area contributed by atoms with Crippen LogP contribution in [-0.2, 0) is 0 Å². The van der Waals surface area contributed by atoms with Crippen molar-refractivity contribution in [3.63, 3.8) is 0 Å². The minimum atomic E-state index is -0.342. The largest absolute Gasteiger partial charge is 0.457 e. The molecule has 1 amide bonds. The number of amides is 1. The first-order valence-electron chi connectivity index (χ1n) is 9.18. The maximum atomic E-state index is 13.2. The third kappa shape index (κ3) is 3.44. The summed E-state index contributed by atoms with van der Waals surface area (Å²) >= 11 is 0. The first-order chi connectivity index (χ1) is 12.6. The van der Waals surface area contributed by atoms with Gasteiger partial charge in [0.2, 0.25) is 0 Å². The average molecular weight is 354 g/mol. The van der Waals surface area contributed by atoms with Gasteiger partial charge in [0.15, 0.2) is 0 Å². The van der Waals surface area contributed by atoms with Crippen molar-refractivity contribution < 1.29 is 13.9 Å². The van der Waals surface area contributed by atoms with Crippen LogP contribution in [0.5, 0.6) is 11.5 Å². The highest BCUT2D eigenvalue weighted by atomic mass is 19.1. The molecule has 0 aromatic heterocycles. The summed E-state index contributed by atoms with van der Waals surface area (Å²) in [4.78, 5) is 15.1. The van der Waals surface area contributed by atoms with Crippen molar-refractivity contribution >= 4 is 5.91 Å². The van der Waals surface area contributed by atoms with Crippen molar-refractivity contribution in [1.29, 1.82) is 0 Å². The summed E-state index contributed by atoms with van der Waals surface area (Å²) in [6, 6.07) is 13.6. The van der Waals surface area contributed by atoms with Crippen LogP contribution in [0.2, 0.25) is 0 Å². The van der Waals surface area contributed by atoms with Gasteiger partial charge in [-0.05, 0) is 75.2 Å². The van der Waals surface area contributed by atoms with Gasteiger partial charge in [0.25, 0.3) is 5.91 Å². The van der Waals surface area contributed by atoms with Crippen LogP contribution in [-0.4, -0.2) is 36.0 Å². The molecule has 0 spiro atoms. The minimum absolute atomic E-state index is 0.0482. The van der Waals surface area contributed by atoms with E-state index in [-0.39, 0.29) is 17.8 Å². The lowest BCUT2D eigenvalue weighted by Gasteiger charge is -2.49. The van der Waals surface area contributed by atoms with Crippen LogP contribution in [0.4, 0.5) is 4.39 Å². The fraction of sp³-hybridized carbons (Fsp3) is 0.381. The van der Waals surface area contributed by atoms with Crippen LogP contribution < -0.4 is 10.1 Å². The molecular formula is C21H23FN2O2. The molecule has 26 heavy (non-hydrogen) atoms. The number of ether oxygens (including phenoxy) is 1. The van der Waals surface area contributed by atoms with Gasteiger partial charge in [-0.1, -0.05) is 6.07 Å². The molecule has 2 aromatic rings. The third-order valence-electron chi connectivity index (χ3n) is 5.62. The zero-order chi connectivity index (χ0) is 18.1. The van der Waals surface area contributed by atoms with Crippen LogP contribution in [0.1, 0.15) is 30.1 Å². The maximum Gasteiger partial charge on any atom is 0.251 e. The number of rotatable bonds is 4. The molecule has 136 valence electrons. The second-order valence-corrected chi connectivity index (χ2v) is 7.20. The molecule has 0 aliphatic carbocycles. The molecule has 0 saturated carbocycles. The Balaban J connectivity index is 1.41. The van der Waals surface area contributed by atoms with Gasteiger partial charge in [-0.25, -0.2) is 4.39 Å². The van der Waals surface area contributed by atoms with E-state index in [4.69, 9.17) is 4.74 Å². The van der Waals surface area contributed by atoms with Gasteiger partial charge in [0.05, 0.1) is 0 Å². The van der Waals surface area contributed by atoms with Gasteiger partial charge < -0.3 is 10.1 Å². The molecule has 5 heteroatoms. The van der Waals surface area contributed by atoms with Gasteiger partial charge >= 0.3 is 0 Å². The van der Waals surface area contributed by atoms with Crippen LogP contribution in [0, 0.1) is 11.7 Å². The Kier molecular flexibility index (Phi) is 4.64. The van der Waals surface area contributed by atoms with Crippen molar-refractivity contribution in [2.75, 3.05) is 13.1 Å². The number of fused-ring (bicyclic) bond motifs is 3. The number of hydrogen-bond acceptors (Lipinski definition) is 3. The summed E-state index contributed by atoms with van der Waals surface area (Å²) in [7, 11) is 0. The molecule has 2 atom stereocenters. The monoisotopic (exact) mass is 354 g/mol. The van der Waals surface area contributed by atoms with Crippen molar-refractivity contribution in [3.05, 3.63) is 59.9 Å². The standard InChI is InChI=1S/C21H23FN2O2/c1-14-20(15-9-11-24(14)12-10-15)23-21(25)16-5-7-18(8-6-16)26-19-4-2-3-17(22)13-19/h2-8,13-15,20H,9-12H2,1H3,(H,23,25)/t14-,20-/m0/s1. The molecule has 0 unspecified atom stereocenters. The van der Waals surface area contributed by atoms with Crippen LogP contribution in [0.15, 0.2) is 48.5 Å². The molecule has 3 saturated heterocycles. The Morgan fingerprint density at radius 2 is 1.85 bits per heavy atom. The number of hydrogen-bond donors (Lipinski definition) is 1. The number of benzene rings is 2. The predicted molar refractivity (Wildman–Crippen MR) is 97.9 cm³/mol. The van der Waals surface area contributed by atoms with Gasteiger partial charge in [0.1, 0.15) is 17.3 Å². The first kappa shape index (κ1) is 17.0. The lowest BCUT2D eigenvalue weighted by molar-refractivity contribution is 0.0217. The van der Waals surface area contributed by atoms with E-state index in [1.807, 2.05) is 0 Å². The number of nitrogens with one attached hydrogen (secondary N) is 1. The molecule has 2 aromatic carbocycles. The summed E-state index contributed by atoms with van der Waals surface area (Å²) in [6.45, 7) is 4.49. The summed E-state index contributed by atoms with van der Waals surface area (Å²) in [5.41, 5.74) is 0.611. The zero-order valence-electron chi connectivity index (χ0n) is 14.8. The molecule has 5 rings (SSSR count). The molecule has 2 bridgehead atoms. The molecule has 0 radical (unpaired) electrons. The fourth-order valence-electron chi connectivity index (χ4n) is 4.12. The van der Waals surface area contributed by atoms with E-state index < -0.39 is 0 Å². The molecule has 4 nitrogen and oxygen atoms in total. The summed E-state index contributed by atoms with van der Waals surface area (Å²) in [6.07, 6.45) is 2.32. The van der Waals surface area contributed by atoms with Gasteiger partial charge in [0, 0.05) is 23.7 Å². The topological polar surface area (TPSA) is 41.6 Å². The zero-order valence-corrected chi connectivity index (χ0v) is 14.8. The Morgan fingerprint density at radius 1 is 1.12 bits per heavy atom. The van der Waals surface area contributed by atoms with Crippen molar-refractivity contribution in [2.45, 2.75) is 31.8 Å². The minimum Gasteiger partial charge on any atom is -0.457 e. The van der Waals surface area contributed by atoms with Crippen molar-refractivity contribution in [2.24, 2.45) is 5.92 Å². The maximum absolute atomic E-state index is 13.2. The number of nitrogens with zero attached hydrogens (tertiary/aromatic N) is 1. The second kappa shape index (κ2) is 7.08. The molecule has 3 aliphatic heterocycles. The van der Waals surface area contributed by atoms with E-state index in [0.717, 1.165) is 25.9 Å². The summed E-state index contributed by atoms with van der Waals surface area (Å²) in [5, 5.41) is 3.22.